The van der Waals surface area contributed by atoms with Crippen LogP contribution in [0.2, 0.25) is 15.2 Å². The lowest BCUT2D eigenvalue weighted by atomic mass is 9.45. The SMILES string of the molecule is C[C@H]1C(NC(=O)c2cn(Cc3ccc(Cl)nc3)n(-c3ccc(Cl)cc3Cl)c2=O)CC2C[C@H]1C2(C)C. The summed E-state index contributed by atoms with van der Waals surface area (Å²) < 4.78 is 3.08. The number of carbonyl (C=O) groups excluding carboxylic acids is 1. The van der Waals surface area contributed by atoms with Crippen LogP contribution in [-0.2, 0) is 6.54 Å². The minimum Gasteiger partial charge on any atom is -0.349 e. The number of nitrogens with zero attached hydrogens (tertiary/aromatic N) is 3. The lowest BCUT2D eigenvalue weighted by molar-refractivity contribution is -0.113. The molecule has 0 radical (unpaired) electrons. The Balaban J connectivity index is 1.49. The molecule has 1 aromatic carbocycles. The van der Waals surface area contributed by atoms with E-state index in [9.17, 15) is 9.59 Å². The van der Waals surface area contributed by atoms with E-state index in [1.807, 2.05) is 6.07 Å². The van der Waals surface area contributed by atoms with Crippen molar-refractivity contribution < 1.29 is 4.79 Å². The number of halogens is 3. The van der Waals surface area contributed by atoms with Crippen LogP contribution in [0.25, 0.3) is 5.69 Å². The monoisotopic (exact) mass is 532 g/mol. The Morgan fingerprint density at radius 1 is 1.17 bits per heavy atom. The number of aromatic nitrogens is 3. The van der Waals surface area contributed by atoms with Crippen molar-refractivity contribution in [1.82, 2.24) is 19.7 Å². The molecule has 2 aromatic heterocycles. The largest absolute Gasteiger partial charge is 0.349 e. The molecule has 35 heavy (non-hydrogen) atoms. The van der Waals surface area contributed by atoms with Gasteiger partial charge in [0.2, 0.25) is 0 Å². The highest BCUT2D eigenvalue weighted by molar-refractivity contribution is 6.35. The van der Waals surface area contributed by atoms with Crippen molar-refractivity contribution in [3.8, 4) is 5.69 Å². The summed E-state index contributed by atoms with van der Waals surface area (Å²) in [6.45, 7) is 7.14. The molecule has 2 unspecified atom stereocenters. The Labute approximate surface area is 219 Å². The lowest BCUT2D eigenvalue weighted by Gasteiger charge is -2.62. The number of benzene rings is 1. The van der Waals surface area contributed by atoms with Crippen LogP contribution in [0.4, 0.5) is 0 Å². The van der Waals surface area contributed by atoms with Gasteiger partial charge < -0.3 is 5.32 Å². The Kier molecular flexibility index (Phi) is 6.27. The highest BCUT2D eigenvalue weighted by atomic mass is 35.5. The molecule has 3 aromatic rings. The van der Waals surface area contributed by atoms with Gasteiger partial charge in [-0.05, 0) is 65.8 Å². The number of pyridine rings is 1. The van der Waals surface area contributed by atoms with Gasteiger partial charge in [0.15, 0.2) is 0 Å². The minimum atomic E-state index is -0.442. The molecule has 3 saturated carbocycles. The fraction of sp³-hybridized carbons (Fsp3) is 0.423. The van der Waals surface area contributed by atoms with Crippen molar-refractivity contribution in [2.24, 2.45) is 23.2 Å². The second-order valence-corrected chi connectivity index (χ2v) is 11.6. The molecular weight excluding hydrogens is 507 g/mol. The second-order valence-electron chi connectivity index (χ2n) is 10.4. The minimum absolute atomic E-state index is 0.0510. The van der Waals surface area contributed by atoms with Gasteiger partial charge in [-0.25, -0.2) is 9.67 Å². The van der Waals surface area contributed by atoms with E-state index in [-0.39, 0.29) is 17.5 Å². The first kappa shape index (κ1) is 24.4. The number of nitrogens with one attached hydrogen (secondary N) is 1. The average Bonchev–Trinajstić information content (AvgIpc) is 3.12. The maximum Gasteiger partial charge on any atom is 0.284 e. The molecule has 0 spiro atoms. The van der Waals surface area contributed by atoms with E-state index >= 15 is 0 Å². The van der Waals surface area contributed by atoms with Crippen LogP contribution in [0.5, 0.6) is 0 Å². The van der Waals surface area contributed by atoms with E-state index in [4.69, 9.17) is 34.8 Å². The standard InChI is InChI=1S/C26H27Cl3N4O2/c1-14-19-8-16(26(19,2)3)9-21(14)31-24(34)18-13-32(12-15-4-7-23(29)30-11-15)33(25(18)35)22-6-5-17(27)10-20(22)28/h4-7,10-11,13-14,16,19,21H,8-9,12H2,1-3H3,(H,31,34)/t14-,16?,19-,21?/m1/s1. The summed E-state index contributed by atoms with van der Waals surface area (Å²) in [4.78, 5) is 31.1. The summed E-state index contributed by atoms with van der Waals surface area (Å²) in [6.07, 6.45) is 5.37. The van der Waals surface area contributed by atoms with Crippen LogP contribution in [0, 0.1) is 23.2 Å². The lowest BCUT2D eigenvalue weighted by Crippen LogP contribution is -2.60. The molecule has 6 rings (SSSR count). The molecule has 9 heteroatoms. The molecule has 0 aliphatic heterocycles. The number of rotatable bonds is 5. The van der Waals surface area contributed by atoms with E-state index in [0.717, 1.165) is 12.0 Å². The third-order valence-corrected chi connectivity index (χ3v) is 8.91. The van der Waals surface area contributed by atoms with Gasteiger partial charge in [0.05, 0.1) is 17.3 Å². The maximum atomic E-state index is 13.6. The first-order chi connectivity index (χ1) is 16.6. The van der Waals surface area contributed by atoms with E-state index in [2.05, 4.69) is 31.1 Å². The molecule has 3 fully saturated rings. The number of hydrogen-bond acceptors (Lipinski definition) is 3. The first-order valence-electron chi connectivity index (χ1n) is 11.8. The van der Waals surface area contributed by atoms with Gasteiger partial charge in [0, 0.05) is 23.5 Å². The van der Waals surface area contributed by atoms with E-state index in [1.54, 1.807) is 41.3 Å². The van der Waals surface area contributed by atoms with Crippen LogP contribution >= 0.6 is 34.8 Å². The molecule has 3 aliphatic carbocycles. The van der Waals surface area contributed by atoms with Gasteiger partial charge in [-0.1, -0.05) is 61.6 Å². The quantitative estimate of drug-likeness (QED) is 0.419. The van der Waals surface area contributed by atoms with E-state index in [1.165, 1.54) is 11.1 Å². The van der Waals surface area contributed by atoms with Crippen LogP contribution in [0.3, 0.4) is 0 Å². The number of hydrogen-bond donors (Lipinski definition) is 1. The Morgan fingerprint density at radius 3 is 2.57 bits per heavy atom. The zero-order chi connectivity index (χ0) is 25.1. The van der Waals surface area contributed by atoms with Crippen molar-refractivity contribution in [3.63, 3.8) is 0 Å². The molecule has 2 bridgehead atoms. The van der Waals surface area contributed by atoms with Crippen molar-refractivity contribution in [3.05, 3.63) is 79.4 Å². The van der Waals surface area contributed by atoms with Gasteiger partial charge in [-0.2, -0.15) is 0 Å². The smallest absolute Gasteiger partial charge is 0.284 e. The van der Waals surface area contributed by atoms with Crippen LogP contribution in [-0.4, -0.2) is 26.3 Å². The fourth-order valence-electron chi connectivity index (χ4n) is 5.94. The zero-order valence-electron chi connectivity index (χ0n) is 19.8. The van der Waals surface area contributed by atoms with Gasteiger partial charge in [0.25, 0.3) is 11.5 Å². The normalized spacial score (nSPS) is 24.6. The van der Waals surface area contributed by atoms with E-state index in [0.29, 0.717) is 50.6 Å². The van der Waals surface area contributed by atoms with Gasteiger partial charge in [-0.3, -0.25) is 14.3 Å². The molecule has 0 saturated heterocycles. The highest BCUT2D eigenvalue weighted by Crippen LogP contribution is 2.61. The third kappa shape index (κ3) is 4.30. The zero-order valence-corrected chi connectivity index (χ0v) is 22.0. The molecule has 2 heterocycles. The molecule has 6 nitrogen and oxygen atoms in total. The Bertz CT molecular complexity index is 1350. The van der Waals surface area contributed by atoms with Crippen molar-refractivity contribution in [2.45, 2.75) is 46.2 Å². The highest BCUT2D eigenvalue weighted by Gasteiger charge is 2.56. The summed E-state index contributed by atoms with van der Waals surface area (Å²) in [7, 11) is 0. The molecular formula is C26H27Cl3N4O2. The Hall–Kier alpha value is -2.28. The molecule has 184 valence electrons. The van der Waals surface area contributed by atoms with Crippen molar-refractivity contribution >= 4 is 40.7 Å². The maximum absolute atomic E-state index is 13.6. The first-order valence-corrected chi connectivity index (χ1v) is 12.9. The number of fused-ring (bicyclic) bond motifs is 2. The Morgan fingerprint density at radius 2 is 1.94 bits per heavy atom. The number of amides is 1. The third-order valence-electron chi connectivity index (χ3n) is 8.14. The summed E-state index contributed by atoms with van der Waals surface area (Å²) >= 11 is 18.5. The van der Waals surface area contributed by atoms with Crippen molar-refractivity contribution in [1.29, 1.82) is 0 Å². The second kappa shape index (κ2) is 8.99. The van der Waals surface area contributed by atoms with Gasteiger partial charge >= 0.3 is 0 Å². The summed E-state index contributed by atoms with van der Waals surface area (Å²) in [6, 6.07) is 8.46. The summed E-state index contributed by atoms with van der Waals surface area (Å²) in [5, 5.41) is 4.30. The summed E-state index contributed by atoms with van der Waals surface area (Å²) in [5.74, 6) is 1.17. The van der Waals surface area contributed by atoms with Crippen LogP contribution < -0.4 is 10.9 Å². The topological polar surface area (TPSA) is 68.9 Å². The number of carbonyl (C=O) groups is 1. The van der Waals surface area contributed by atoms with Crippen LogP contribution in [0.15, 0.2) is 47.5 Å². The molecule has 1 amide bonds. The van der Waals surface area contributed by atoms with Crippen LogP contribution in [0.1, 0.15) is 49.5 Å². The van der Waals surface area contributed by atoms with E-state index < -0.39 is 5.56 Å². The van der Waals surface area contributed by atoms with Crippen molar-refractivity contribution in [2.75, 3.05) is 0 Å². The van der Waals surface area contributed by atoms with Gasteiger partial charge in [-0.15, -0.1) is 0 Å². The predicted octanol–water partition coefficient (Wildman–Crippen LogP) is 5.84. The average molecular weight is 534 g/mol. The van der Waals surface area contributed by atoms with Gasteiger partial charge in [0.1, 0.15) is 10.7 Å². The molecule has 3 aliphatic rings. The predicted molar refractivity (Wildman–Crippen MR) is 139 cm³/mol. The molecule has 1 N–H and O–H groups in total. The summed E-state index contributed by atoms with van der Waals surface area (Å²) in [5.41, 5.74) is 1.20. The fourth-order valence-corrected chi connectivity index (χ4v) is 6.54. The molecule has 4 atom stereocenters.